The molecule has 100 valence electrons. The highest BCUT2D eigenvalue weighted by Gasteiger charge is 2.20. The van der Waals surface area contributed by atoms with Gasteiger partial charge in [0.15, 0.2) is 11.5 Å². The van der Waals surface area contributed by atoms with E-state index in [2.05, 4.69) is 36.6 Å². The van der Waals surface area contributed by atoms with Crippen molar-refractivity contribution in [2.45, 2.75) is 12.5 Å². The first-order chi connectivity index (χ1) is 8.42. The van der Waals surface area contributed by atoms with Crippen LogP contribution in [0.5, 0.6) is 11.5 Å². The minimum Gasteiger partial charge on any atom is -0.503 e. The molecule has 0 saturated carbocycles. The number of aromatic hydroxyl groups is 1. The summed E-state index contributed by atoms with van der Waals surface area (Å²) in [5.74, 6) is -0.207. The molecule has 1 rings (SSSR count). The number of nitrogens with two attached hydrogens (primary N) is 1. The van der Waals surface area contributed by atoms with Crippen molar-refractivity contribution in [2.24, 2.45) is 5.73 Å². The molecule has 1 aromatic rings. The highest BCUT2D eigenvalue weighted by atomic mass is 79.9. The summed E-state index contributed by atoms with van der Waals surface area (Å²) in [6.07, 6.45) is 0.266. The number of ether oxygens (including phenoxy) is 2. The second-order valence-electron chi connectivity index (χ2n) is 3.55. The van der Waals surface area contributed by atoms with Crippen molar-refractivity contribution < 1.29 is 19.4 Å². The smallest absolute Gasteiger partial charge is 0.322 e. The molecule has 0 amide bonds. The van der Waals surface area contributed by atoms with Crippen LogP contribution in [0.15, 0.2) is 15.0 Å². The second kappa shape index (κ2) is 6.40. The maximum atomic E-state index is 11.3. The van der Waals surface area contributed by atoms with Crippen molar-refractivity contribution in [1.29, 1.82) is 0 Å². The summed E-state index contributed by atoms with van der Waals surface area (Å²) < 4.78 is 10.7. The van der Waals surface area contributed by atoms with Gasteiger partial charge < -0.3 is 20.3 Å². The van der Waals surface area contributed by atoms with Gasteiger partial charge in [-0.3, -0.25) is 4.79 Å². The number of esters is 1. The summed E-state index contributed by atoms with van der Waals surface area (Å²) >= 11 is 6.56. The number of methoxy groups -OCH3 is 2. The topological polar surface area (TPSA) is 81.8 Å². The van der Waals surface area contributed by atoms with Crippen LogP contribution >= 0.6 is 31.9 Å². The lowest BCUT2D eigenvalue weighted by atomic mass is 10.1. The Balaban J connectivity index is 3.10. The number of rotatable bonds is 4. The SMILES string of the molecule is COC(=O)C(N)Cc1cc(OC)c(O)c(Br)c1Br. The lowest BCUT2D eigenvalue weighted by molar-refractivity contribution is -0.142. The number of carbonyl (C=O) groups is 1. The fraction of sp³-hybridized carbons (Fsp3) is 0.364. The third kappa shape index (κ3) is 3.15. The molecule has 0 saturated heterocycles. The first-order valence-corrected chi connectivity index (χ1v) is 6.58. The minimum absolute atomic E-state index is 0.0141. The van der Waals surface area contributed by atoms with E-state index in [4.69, 9.17) is 10.5 Å². The van der Waals surface area contributed by atoms with Crippen LogP contribution in [-0.4, -0.2) is 31.3 Å². The molecule has 7 heteroatoms. The molecule has 5 nitrogen and oxygen atoms in total. The lowest BCUT2D eigenvalue weighted by Gasteiger charge is -2.14. The van der Waals surface area contributed by atoms with Crippen molar-refractivity contribution in [3.05, 3.63) is 20.6 Å². The van der Waals surface area contributed by atoms with E-state index in [1.807, 2.05) is 0 Å². The van der Waals surface area contributed by atoms with Crippen molar-refractivity contribution in [3.63, 3.8) is 0 Å². The van der Waals surface area contributed by atoms with E-state index in [0.717, 1.165) is 5.56 Å². The monoisotopic (exact) mass is 381 g/mol. The van der Waals surface area contributed by atoms with Crippen LogP contribution in [0.25, 0.3) is 0 Å². The average Bonchev–Trinajstić information content (AvgIpc) is 2.38. The van der Waals surface area contributed by atoms with E-state index in [0.29, 0.717) is 14.7 Å². The van der Waals surface area contributed by atoms with Crippen molar-refractivity contribution in [1.82, 2.24) is 0 Å². The third-order valence-corrected chi connectivity index (χ3v) is 4.59. The largest absolute Gasteiger partial charge is 0.503 e. The molecule has 0 heterocycles. The van der Waals surface area contributed by atoms with E-state index in [-0.39, 0.29) is 12.2 Å². The molecular formula is C11H13Br2NO4. The fourth-order valence-electron chi connectivity index (χ4n) is 1.42. The van der Waals surface area contributed by atoms with Gasteiger partial charge in [0.2, 0.25) is 0 Å². The standard InChI is InChI=1S/C11H13Br2NO4/c1-17-7-4-5(3-6(14)11(16)18-2)8(12)9(13)10(7)15/h4,6,15H,3,14H2,1-2H3. The Morgan fingerprint density at radius 1 is 1.44 bits per heavy atom. The Morgan fingerprint density at radius 3 is 2.56 bits per heavy atom. The van der Waals surface area contributed by atoms with Gasteiger partial charge in [0.25, 0.3) is 0 Å². The summed E-state index contributed by atoms with van der Waals surface area (Å²) in [6, 6.07) is 0.847. The highest BCUT2D eigenvalue weighted by molar-refractivity contribution is 9.13. The van der Waals surface area contributed by atoms with Gasteiger partial charge in [0.05, 0.1) is 18.7 Å². The van der Waals surface area contributed by atoms with Crippen molar-refractivity contribution in [2.75, 3.05) is 14.2 Å². The summed E-state index contributed by atoms with van der Waals surface area (Å²) in [7, 11) is 2.73. The number of hydrogen-bond acceptors (Lipinski definition) is 5. The predicted molar refractivity (Wildman–Crippen MR) is 73.8 cm³/mol. The molecular weight excluding hydrogens is 370 g/mol. The van der Waals surface area contributed by atoms with Crippen LogP contribution in [0, 0.1) is 0 Å². The van der Waals surface area contributed by atoms with Gasteiger partial charge in [-0.15, -0.1) is 0 Å². The molecule has 0 radical (unpaired) electrons. The van der Waals surface area contributed by atoms with Gasteiger partial charge in [-0.05, 0) is 49.9 Å². The maximum absolute atomic E-state index is 11.3. The summed E-state index contributed by atoms with van der Waals surface area (Å²) in [4.78, 5) is 11.3. The van der Waals surface area contributed by atoms with Crippen LogP contribution in [0.3, 0.4) is 0 Å². The normalized spacial score (nSPS) is 12.1. The second-order valence-corrected chi connectivity index (χ2v) is 5.13. The summed E-state index contributed by atoms with van der Waals surface area (Å²) in [5, 5.41) is 9.77. The first kappa shape index (κ1) is 15.3. The van der Waals surface area contributed by atoms with E-state index < -0.39 is 12.0 Å². The van der Waals surface area contributed by atoms with E-state index in [1.165, 1.54) is 14.2 Å². The zero-order valence-electron chi connectivity index (χ0n) is 9.87. The first-order valence-electron chi connectivity index (χ1n) is 4.99. The zero-order chi connectivity index (χ0) is 13.9. The lowest BCUT2D eigenvalue weighted by Crippen LogP contribution is -2.33. The Hall–Kier alpha value is -0.790. The van der Waals surface area contributed by atoms with Crippen LogP contribution < -0.4 is 10.5 Å². The van der Waals surface area contributed by atoms with Gasteiger partial charge in [-0.1, -0.05) is 0 Å². The number of benzene rings is 1. The number of hydrogen-bond donors (Lipinski definition) is 2. The summed E-state index contributed by atoms with van der Waals surface area (Å²) in [6.45, 7) is 0. The predicted octanol–water partition coefficient (Wildman–Crippen LogP) is 1.97. The van der Waals surface area contributed by atoms with Crippen molar-refractivity contribution >= 4 is 37.8 Å². The number of carbonyl (C=O) groups excluding carboxylic acids is 1. The van der Waals surface area contributed by atoms with E-state index in [1.54, 1.807) is 6.07 Å². The quantitative estimate of drug-likeness (QED) is 0.778. The Bertz CT molecular complexity index is 465. The maximum Gasteiger partial charge on any atom is 0.322 e. The molecule has 1 aromatic carbocycles. The molecule has 1 unspecified atom stereocenters. The third-order valence-electron chi connectivity index (χ3n) is 2.38. The molecule has 1 atom stereocenters. The minimum atomic E-state index is -0.771. The molecule has 0 aliphatic rings. The van der Waals surface area contributed by atoms with Crippen molar-refractivity contribution in [3.8, 4) is 11.5 Å². The molecule has 0 spiro atoms. The van der Waals surface area contributed by atoms with Gasteiger partial charge in [-0.25, -0.2) is 0 Å². The Kier molecular flexibility index (Phi) is 5.43. The molecule has 0 aromatic heterocycles. The number of phenolic OH excluding ortho intramolecular Hbond substituents is 1. The number of phenols is 1. The van der Waals surface area contributed by atoms with Gasteiger partial charge in [0, 0.05) is 4.47 Å². The van der Waals surface area contributed by atoms with Gasteiger partial charge in [-0.2, -0.15) is 0 Å². The fourth-order valence-corrected chi connectivity index (χ4v) is 2.33. The number of halogens is 2. The van der Waals surface area contributed by atoms with Crippen LogP contribution in [0.2, 0.25) is 0 Å². The molecule has 3 N–H and O–H groups in total. The Labute approximate surface area is 122 Å². The molecule has 18 heavy (non-hydrogen) atoms. The van der Waals surface area contributed by atoms with E-state index in [9.17, 15) is 9.90 Å². The van der Waals surface area contributed by atoms with E-state index >= 15 is 0 Å². The van der Waals surface area contributed by atoms with Gasteiger partial charge in [0.1, 0.15) is 6.04 Å². The average molecular weight is 383 g/mol. The molecule has 0 bridgehead atoms. The van der Waals surface area contributed by atoms with Crippen LogP contribution in [-0.2, 0) is 16.0 Å². The zero-order valence-corrected chi connectivity index (χ0v) is 13.0. The Morgan fingerprint density at radius 2 is 2.06 bits per heavy atom. The summed E-state index contributed by atoms with van der Waals surface area (Å²) in [5.41, 5.74) is 6.43. The van der Waals surface area contributed by atoms with Crippen LogP contribution in [0.1, 0.15) is 5.56 Å². The highest BCUT2D eigenvalue weighted by Crippen LogP contribution is 2.41. The molecule has 0 aliphatic heterocycles. The molecule has 0 fully saturated rings. The van der Waals surface area contributed by atoms with Crippen LogP contribution in [0.4, 0.5) is 0 Å². The molecule has 0 aliphatic carbocycles. The van der Waals surface area contributed by atoms with Gasteiger partial charge >= 0.3 is 5.97 Å².